The zero-order valence-electron chi connectivity index (χ0n) is 13.2. The van der Waals surface area contributed by atoms with Gasteiger partial charge >= 0.3 is 0 Å². The number of hydrogen-bond donors (Lipinski definition) is 1. The van der Waals surface area contributed by atoms with Crippen LogP contribution in [0, 0.1) is 11.8 Å². The first-order chi connectivity index (χ1) is 10.8. The van der Waals surface area contributed by atoms with Crippen molar-refractivity contribution in [2.24, 2.45) is 11.8 Å². The van der Waals surface area contributed by atoms with Crippen LogP contribution < -0.4 is 10.1 Å². The summed E-state index contributed by atoms with van der Waals surface area (Å²) >= 11 is 0. The summed E-state index contributed by atoms with van der Waals surface area (Å²) in [6.45, 7) is 6.19. The Bertz CT molecular complexity index is 653. The summed E-state index contributed by atoms with van der Waals surface area (Å²) < 4.78 is 5.36. The molecule has 1 aliphatic heterocycles. The molecule has 1 aromatic carbocycles. The van der Waals surface area contributed by atoms with Gasteiger partial charge in [-0.15, -0.1) is 6.58 Å². The third kappa shape index (κ3) is 3.14. The Kier molecular flexibility index (Phi) is 4.74. The lowest BCUT2D eigenvalue weighted by molar-refractivity contribution is 0.285. The second-order valence-corrected chi connectivity index (χ2v) is 6.04. The molecule has 1 N–H and O–H groups in total. The molecule has 2 aromatic rings. The first-order valence-electron chi connectivity index (χ1n) is 8.06. The fraction of sp³-hybridized carbons (Fsp3) is 0.421. The van der Waals surface area contributed by atoms with Crippen molar-refractivity contribution in [2.45, 2.75) is 19.3 Å². The van der Waals surface area contributed by atoms with Crippen LogP contribution in [0.3, 0.4) is 0 Å². The topological polar surface area (TPSA) is 34.2 Å². The summed E-state index contributed by atoms with van der Waals surface area (Å²) in [6.07, 6.45) is 7.56. The number of fused-ring (bicyclic) bond motifs is 1. The molecule has 0 unspecified atom stereocenters. The Morgan fingerprint density at radius 2 is 2.32 bits per heavy atom. The van der Waals surface area contributed by atoms with Gasteiger partial charge < -0.3 is 10.1 Å². The molecule has 22 heavy (non-hydrogen) atoms. The van der Waals surface area contributed by atoms with E-state index in [1.807, 2.05) is 18.3 Å². The minimum atomic E-state index is 0.594. The second kappa shape index (κ2) is 6.93. The quantitative estimate of drug-likeness (QED) is 0.856. The van der Waals surface area contributed by atoms with Gasteiger partial charge in [-0.05, 0) is 67.5 Å². The zero-order chi connectivity index (χ0) is 15.4. The number of nitrogens with zero attached hydrogens (tertiary/aromatic N) is 1. The van der Waals surface area contributed by atoms with E-state index in [-0.39, 0.29) is 0 Å². The van der Waals surface area contributed by atoms with Gasteiger partial charge in [-0.1, -0.05) is 6.08 Å². The molecular weight excluding hydrogens is 272 g/mol. The molecule has 0 spiro atoms. The predicted molar refractivity (Wildman–Crippen MR) is 91.3 cm³/mol. The molecule has 3 nitrogen and oxygen atoms in total. The Hall–Kier alpha value is -1.87. The van der Waals surface area contributed by atoms with E-state index in [0.717, 1.165) is 36.7 Å². The van der Waals surface area contributed by atoms with Gasteiger partial charge in [-0.2, -0.15) is 0 Å². The summed E-state index contributed by atoms with van der Waals surface area (Å²) in [7, 11) is 1.71. The maximum atomic E-state index is 5.36. The van der Waals surface area contributed by atoms with Crippen molar-refractivity contribution in [3.63, 3.8) is 0 Å². The number of aryl methyl sites for hydroxylation is 1. The van der Waals surface area contributed by atoms with Crippen molar-refractivity contribution in [3.05, 3.63) is 48.7 Å². The molecule has 0 radical (unpaired) electrons. The van der Waals surface area contributed by atoms with Crippen LogP contribution in [0.4, 0.5) is 0 Å². The van der Waals surface area contributed by atoms with Gasteiger partial charge in [-0.3, -0.25) is 4.98 Å². The van der Waals surface area contributed by atoms with E-state index in [9.17, 15) is 0 Å². The van der Waals surface area contributed by atoms with Crippen molar-refractivity contribution in [1.29, 1.82) is 0 Å². The summed E-state index contributed by atoms with van der Waals surface area (Å²) in [6, 6.07) is 8.26. The van der Waals surface area contributed by atoms with Crippen LogP contribution >= 0.6 is 0 Å². The summed E-state index contributed by atoms with van der Waals surface area (Å²) in [5.41, 5.74) is 2.41. The SMILES string of the molecule is C=C[C@@H]1CNCC[C@H]1CCc1ccnc2ccc(OC)cc12. The molecule has 0 amide bonds. The molecule has 1 aromatic heterocycles. The molecule has 1 aliphatic rings. The fourth-order valence-electron chi connectivity index (χ4n) is 3.44. The fourth-order valence-corrected chi connectivity index (χ4v) is 3.44. The first-order valence-corrected chi connectivity index (χ1v) is 8.06. The minimum Gasteiger partial charge on any atom is -0.497 e. The van der Waals surface area contributed by atoms with E-state index < -0.39 is 0 Å². The Balaban J connectivity index is 1.79. The largest absolute Gasteiger partial charge is 0.497 e. The number of pyridine rings is 1. The lowest BCUT2D eigenvalue weighted by Gasteiger charge is -2.30. The predicted octanol–water partition coefficient (Wildman–Crippen LogP) is 3.59. The van der Waals surface area contributed by atoms with Gasteiger partial charge in [0, 0.05) is 18.1 Å². The highest BCUT2D eigenvalue weighted by atomic mass is 16.5. The number of ether oxygens (including phenoxy) is 1. The highest BCUT2D eigenvalue weighted by Crippen LogP contribution is 2.28. The van der Waals surface area contributed by atoms with E-state index in [1.54, 1.807) is 7.11 Å². The number of methoxy groups -OCH3 is 1. The molecule has 0 bridgehead atoms. The number of hydrogen-bond acceptors (Lipinski definition) is 3. The molecule has 1 saturated heterocycles. The number of rotatable bonds is 5. The third-order valence-electron chi connectivity index (χ3n) is 4.80. The van der Waals surface area contributed by atoms with Gasteiger partial charge in [0.15, 0.2) is 0 Å². The minimum absolute atomic E-state index is 0.594. The highest BCUT2D eigenvalue weighted by Gasteiger charge is 2.22. The molecule has 3 heteroatoms. The smallest absolute Gasteiger partial charge is 0.119 e. The maximum Gasteiger partial charge on any atom is 0.119 e. The second-order valence-electron chi connectivity index (χ2n) is 6.04. The van der Waals surface area contributed by atoms with E-state index in [0.29, 0.717) is 5.92 Å². The Morgan fingerprint density at radius 1 is 1.41 bits per heavy atom. The molecule has 0 saturated carbocycles. The Morgan fingerprint density at radius 3 is 3.14 bits per heavy atom. The number of benzene rings is 1. The van der Waals surface area contributed by atoms with Crippen LogP contribution in [0.25, 0.3) is 10.9 Å². The van der Waals surface area contributed by atoms with Gasteiger partial charge in [0.2, 0.25) is 0 Å². The molecule has 1 fully saturated rings. The molecule has 2 atom stereocenters. The normalized spacial score (nSPS) is 21.7. The van der Waals surface area contributed by atoms with Crippen molar-refractivity contribution < 1.29 is 4.74 Å². The zero-order valence-corrected chi connectivity index (χ0v) is 13.2. The van der Waals surface area contributed by atoms with Crippen LogP contribution in [-0.2, 0) is 6.42 Å². The van der Waals surface area contributed by atoms with Crippen LogP contribution in [0.5, 0.6) is 5.75 Å². The molecule has 2 heterocycles. The molecule has 0 aliphatic carbocycles. The lowest BCUT2D eigenvalue weighted by Crippen LogP contribution is -2.35. The van der Waals surface area contributed by atoms with E-state index in [2.05, 4.69) is 35.1 Å². The molecular formula is C19H24N2O. The van der Waals surface area contributed by atoms with E-state index in [4.69, 9.17) is 4.74 Å². The van der Waals surface area contributed by atoms with Crippen molar-refractivity contribution in [3.8, 4) is 5.75 Å². The van der Waals surface area contributed by atoms with Gasteiger partial charge in [0.25, 0.3) is 0 Å². The van der Waals surface area contributed by atoms with Gasteiger partial charge in [-0.25, -0.2) is 0 Å². The summed E-state index contributed by atoms with van der Waals surface area (Å²) in [5.74, 6) is 2.22. The number of aromatic nitrogens is 1. The number of piperidine rings is 1. The number of nitrogens with one attached hydrogen (secondary N) is 1. The van der Waals surface area contributed by atoms with Crippen molar-refractivity contribution >= 4 is 10.9 Å². The van der Waals surface area contributed by atoms with Crippen LogP contribution in [0.2, 0.25) is 0 Å². The standard InChI is InChI=1S/C19H24N2O/c1-3-14-13-20-10-8-15(14)4-5-16-9-11-21-19-7-6-17(22-2)12-18(16)19/h3,6-7,9,11-12,14-15,20H,1,4-5,8,10,13H2,2H3/t14-,15-/m1/s1. The average Bonchev–Trinajstić information content (AvgIpc) is 2.59. The first kappa shape index (κ1) is 15.0. The molecule has 116 valence electrons. The highest BCUT2D eigenvalue weighted by molar-refractivity contribution is 5.83. The van der Waals surface area contributed by atoms with Crippen molar-refractivity contribution in [1.82, 2.24) is 10.3 Å². The van der Waals surface area contributed by atoms with Gasteiger partial charge in [0.05, 0.1) is 12.6 Å². The average molecular weight is 296 g/mol. The van der Waals surface area contributed by atoms with Gasteiger partial charge in [0.1, 0.15) is 5.75 Å². The Labute approximate surface area is 132 Å². The van der Waals surface area contributed by atoms with Crippen LogP contribution in [-0.4, -0.2) is 25.2 Å². The molecule has 3 rings (SSSR count). The lowest BCUT2D eigenvalue weighted by atomic mass is 9.82. The van der Waals surface area contributed by atoms with Crippen LogP contribution in [0.15, 0.2) is 43.1 Å². The maximum absolute atomic E-state index is 5.36. The summed E-state index contributed by atoms with van der Waals surface area (Å²) in [5, 5.41) is 4.67. The third-order valence-corrected chi connectivity index (χ3v) is 4.80. The summed E-state index contributed by atoms with van der Waals surface area (Å²) in [4.78, 5) is 4.46. The van der Waals surface area contributed by atoms with E-state index in [1.165, 1.54) is 23.8 Å². The van der Waals surface area contributed by atoms with Crippen molar-refractivity contribution in [2.75, 3.05) is 20.2 Å². The van der Waals surface area contributed by atoms with E-state index >= 15 is 0 Å². The van der Waals surface area contributed by atoms with Crippen LogP contribution in [0.1, 0.15) is 18.4 Å². The monoisotopic (exact) mass is 296 g/mol.